The van der Waals surface area contributed by atoms with E-state index in [0.29, 0.717) is 6.54 Å². The van der Waals surface area contributed by atoms with Crippen molar-refractivity contribution in [2.75, 3.05) is 6.54 Å². The van der Waals surface area contributed by atoms with Gasteiger partial charge in [-0.25, -0.2) is 9.78 Å². The molecular formula is C6H9N3OS2. The molecule has 12 heavy (non-hydrogen) atoms. The summed E-state index contributed by atoms with van der Waals surface area (Å²) < 4.78 is 3.44. The van der Waals surface area contributed by atoms with E-state index in [9.17, 15) is 4.79 Å². The molecule has 4 nitrogen and oxygen atoms in total. The lowest BCUT2D eigenvalue weighted by Crippen LogP contribution is -2.30. The molecule has 1 heterocycles. The van der Waals surface area contributed by atoms with Crippen LogP contribution in [0.3, 0.4) is 0 Å². The molecule has 0 atom stereocenters. The van der Waals surface area contributed by atoms with Crippen LogP contribution in [0.1, 0.15) is 6.92 Å². The second-order valence-corrected chi connectivity index (χ2v) is 3.81. The fraction of sp³-hybridized carbons (Fsp3) is 0.333. The Kier molecular flexibility index (Phi) is 3.89. The first kappa shape index (κ1) is 9.34. The van der Waals surface area contributed by atoms with E-state index in [1.807, 2.05) is 12.3 Å². The van der Waals surface area contributed by atoms with Crippen LogP contribution in [0, 0.1) is 0 Å². The normalized spacial score (nSPS) is 9.42. The molecule has 0 fully saturated rings. The van der Waals surface area contributed by atoms with Gasteiger partial charge in [0.15, 0.2) is 4.34 Å². The van der Waals surface area contributed by atoms with E-state index in [1.54, 1.807) is 6.20 Å². The van der Waals surface area contributed by atoms with Crippen LogP contribution in [0.15, 0.2) is 15.9 Å². The molecule has 1 aromatic rings. The number of thiazole rings is 1. The first-order valence-corrected chi connectivity index (χ1v) is 5.12. The van der Waals surface area contributed by atoms with Gasteiger partial charge < -0.3 is 5.32 Å². The van der Waals surface area contributed by atoms with Gasteiger partial charge in [0.05, 0.1) is 0 Å². The molecule has 0 radical (unpaired) electrons. The fourth-order valence-electron chi connectivity index (χ4n) is 0.547. The molecule has 2 amide bonds. The number of amides is 2. The van der Waals surface area contributed by atoms with E-state index >= 15 is 0 Å². The molecule has 66 valence electrons. The van der Waals surface area contributed by atoms with Crippen LogP contribution in [0.4, 0.5) is 4.79 Å². The molecule has 0 unspecified atom stereocenters. The molecule has 0 saturated carbocycles. The third-order valence-corrected chi connectivity index (χ3v) is 2.65. The van der Waals surface area contributed by atoms with Crippen molar-refractivity contribution in [3.63, 3.8) is 0 Å². The van der Waals surface area contributed by atoms with Gasteiger partial charge in [-0.1, -0.05) is 0 Å². The quantitative estimate of drug-likeness (QED) is 0.731. The number of urea groups is 1. The maximum atomic E-state index is 10.9. The Hall–Kier alpha value is -0.750. The summed E-state index contributed by atoms with van der Waals surface area (Å²) in [5.74, 6) is 0. The van der Waals surface area contributed by atoms with E-state index in [1.165, 1.54) is 23.3 Å². The second kappa shape index (κ2) is 5.00. The molecule has 0 saturated heterocycles. The highest BCUT2D eigenvalue weighted by atomic mass is 32.2. The number of aromatic nitrogens is 1. The van der Waals surface area contributed by atoms with Gasteiger partial charge in [0, 0.05) is 30.1 Å². The highest BCUT2D eigenvalue weighted by Crippen LogP contribution is 2.16. The van der Waals surface area contributed by atoms with Crippen LogP contribution >= 0.6 is 23.3 Å². The third kappa shape index (κ3) is 3.10. The van der Waals surface area contributed by atoms with Crippen molar-refractivity contribution < 1.29 is 4.79 Å². The smallest absolute Gasteiger partial charge is 0.325 e. The van der Waals surface area contributed by atoms with Crippen molar-refractivity contribution in [1.29, 1.82) is 0 Å². The van der Waals surface area contributed by atoms with Crippen LogP contribution in [-0.2, 0) is 0 Å². The number of carbonyl (C=O) groups excluding carboxylic acids is 1. The highest BCUT2D eigenvalue weighted by molar-refractivity contribution is 7.99. The largest absolute Gasteiger partial charge is 0.338 e. The molecule has 0 aliphatic rings. The van der Waals surface area contributed by atoms with Crippen LogP contribution in [-0.4, -0.2) is 17.6 Å². The molecule has 1 rings (SSSR count). The predicted molar refractivity (Wildman–Crippen MR) is 50.2 cm³/mol. The van der Waals surface area contributed by atoms with E-state index in [4.69, 9.17) is 0 Å². The standard InChI is InChI=1S/C6H9N3OS2/c1-2-7-5(10)9-12-6-8-3-4-11-6/h3-4H,2H2,1H3,(H2,7,9,10). The second-order valence-electron chi connectivity index (χ2n) is 1.86. The zero-order chi connectivity index (χ0) is 8.81. The van der Waals surface area contributed by atoms with Crippen molar-refractivity contribution in [2.45, 2.75) is 11.3 Å². The van der Waals surface area contributed by atoms with Gasteiger partial charge in [-0.05, 0) is 6.92 Å². The van der Waals surface area contributed by atoms with Gasteiger partial charge >= 0.3 is 6.03 Å². The average molecular weight is 203 g/mol. The van der Waals surface area contributed by atoms with Crippen molar-refractivity contribution in [3.05, 3.63) is 11.6 Å². The van der Waals surface area contributed by atoms with E-state index in [-0.39, 0.29) is 6.03 Å². The minimum absolute atomic E-state index is 0.183. The molecule has 0 spiro atoms. The molecule has 0 aromatic carbocycles. The summed E-state index contributed by atoms with van der Waals surface area (Å²) in [4.78, 5) is 14.9. The van der Waals surface area contributed by atoms with Gasteiger partial charge in [0.2, 0.25) is 0 Å². The Balaban J connectivity index is 2.22. The number of carbonyl (C=O) groups is 1. The first-order chi connectivity index (χ1) is 5.83. The minimum Gasteiger partial charge on any atom is -0.338 e. The number of rotatable bonds is 3. The van der Waals surface area contributed by atoms with Crippen molar-refractivity contribution >= 4 is 29.3 Å². The minimum atomic E-state index is -0.183. The number of hydrogen-bond donors (Lipinski definition) is 2. The van der Waals surface area contributed by atoms with Crippen LogP contribution in [0.25, 0.3) is 0 Å². The Morgan fingerprint density at radius 1 is 1.83 bits per heavy atom. The molecule has 1 aromatic heterocycles. The van der Waals surface area contributed by atoms with Gasteiger partial charge in [0.25, 0.3) is 0 Å². The molecule has 2 N–H and O–H groups in total. The fourth-order valence-corrected chi connectivity index (χ4v) is 1.76. The Bertz CT molecular complexity index is 237. The highest BCUT2D eigenvalue weighted by Gasteiger charge is 1.99. The Morgan fingerprint density at radius 3 is 3.25 bits per heavy atom. The Labute approximate surface area is 78.9 Å². The summed E-state index contributed by atoms with van der Waals surface area (Å²) in [5, 5.41) is 4.48. The summed E-state index contributed by atoms with van der Waals surface area (Å²) in [5.41, 5.74) is 0. The number of hydrogen-bond acceptors (Lipinski definition) is 4. The molecule has 0 aliphatic heterocycles. The topological polar surface area (TPSA) is 54.0 Å². The number of nitrogens with zero attached hydrogens (tertiary/aromatic N) is 1. The summed E-state index contributed by atoms with van der Waals surface area (Å²) in [6.45, 7) is 2.50. The molecule has 6 heteroatoms. The van der Waals surface area contributed by atoms with E-state index in [2.05, 4.69) is 15.0 Å². The van der Waals surface area contributed by atoms with Gasteiger partial charge in [0.1, 0.15) is 0 Å². The predicted octanol–water partition coefficient (Wildman–Crippen LogP) is 1.47. The van der Waals surface area contributed by atoms with E-state index < -0.39 is 0 Å². The number of nitrogens with one attached hydrogen (secondary N) is 2. The lowest BCUT2D eigenvalue weighted by Gasteiger charge is -2.01. The van der Waals surface area contributed by atoms with Crippen molar-refractivity contribution in [3.8, 4) is 0 Å². The molecule has 0 aliphatic carbocycles. The maximum Gasteiger partial charge on any atom is 0.325 e. The SMILES string of the molecule is CCNC(=O)NSc1nccs1. The lowest BCUT2D eigenvalue weighted by molar-refractivity contribution is 0.247. The average Bonchev–Trinajstić information content (AvgIpc) is 2.53. The molecular weight excluding hydrogens is 194 g/mol. The van der Waals surface area contributed by atoms with Crippen molar-refractivity contribution in [2.24, 2.45) is 0 Å². The molecule has 0 bridgehead atoms. The van der Waals surface area contributed by atoms with Gasteiger partial charge in [-0.15, -0.1) is 11.3 Å². The first-order valence-electron chi connectivity index (χ1n) is 3.43. The van der Waals surface area contributed by atoms with Gasteiger partial charge in [-0.2, -0.15) is 0 Å². The summed E-state index contributed by atoms with van der Waals surface area (Å²) in [6, 6.07) is -0.183. The van der Waals surface area contributed by atoms with Crippen molar-refractivity contribution in [1.82, 2.24) is 15.0 Å². The van der Waals surface area contributed by atoms with Gasteiger partial charge in [-0.3, -0.25) is 4.72 Å². The summed E-state index contributed by atoms with van der Waals surface area (Å²) in [7, 11) is 0. The Morgan fingerprint density at radius 2 is 2.67 bits per heavy atom. The monoisotopic (exact) mass is 203 g/mol. The van der Waals surface area contributed by atoms with E-state index in [0.717, 1.165) is 4.34 Å². The van der Waals surface area contributed by atoms with Crippen LogP contribution < -0.4 is 10.0 Å². The van der Waals surface area contributed by atoms with Crippen LogP contribution in [0.5, 0.6) is 0 Å². The lowest BCUT2D eigenvalue weighted by atomic mass is 10.7. The summed E-state index contributed by atoms with van der Waals surface area (Å²) in [6.07, 6.45) is 1.70. The maximum absolute atomic E-state index is 10.9. The van der Waals surface area contributed by atoms with Crippen LogP contribution in [0.2, 0.25) is 0 Å². The zero-order valence-corrected chi connectivity index (χ0v) is 8.17. The third-order valence-electron chi connectivity index (χ3n) is 0.978. The zero-order valence-electron chi connectivity index (χ0n) is 6.53. The summed E-state index contributed by atoms with van der Waals surface area (Å²) >= 11 is 2.71.